The molecule has 33 heavy (non-hydrogen) atoms. The minimum absolute atomic E-state index is 0.00949. The van der Waals surface area contributed by atoms with Crippen molar-refractivity contribution in [1.29, 1.82) is 5.26 Å². The molecule has 0 aliphatic carbocycles. The van der Waals surface area contributed by atoms with Gasteiger partial charge in [0.05, 0.1) is 24.0 Å². The number of nitrogens with zero attached hydrogens (tertiary/aromatic N) is 3. The van der Waals surface area contributed by atoms with E-state index in [0.717, 1.165) is 31.6 Å². The lowest BCUT2D eigenvalue weighted by Crippen LogP contribution is -2.42. The third kappa shape index (κ3) is 6.43. The highest BCUT2D eigenvalue weighted by Crippen LogP contribution is 2.40. The molecule has 2 aliphatic heterocycles. The van der Waals surface area contributed by atoms with Crippen molar-refractivity contribution in [2.45, 2.75) is 45.4 Å². The fraction of sp³-hybridized carbons (Fsp3) is 0.520. The van der Waals surface area contributed by atoms with Crippen LogP contribution in [-0.2, 0) is 14.3 Å². The van der Waals surface area contributed by atoms with Gasteiger partial charge < -0.3 is 15.0 Å². The molecular weight excluding hydrogens is 440 g/mol. The lowest BCUT2D eigenvalue weighted by atomic mass is 9.75. The topological polar surface area (TPSA) is 94.8 Å². The maximum atomic E-state index is 13.4. The number of rotatable bonds is 9. The molecule has 7 nitrogen and oxygen atoms in total. The summed E-state index contributed by atoms with van der Waals surface area (Å²) in [5.74, 6) is -1.96. The number of amides is 1. The molecule has 1 saturated heterocycles. The molecule has 2 aliphatic rings. The van der Waals surface area contributed by atoms with Gasteiger partial charge in [-0.3, -0.25) is 9.79 Å². The van der Waals surface area contributed by atoms with Crippen molar-refractivity contribution in [3.05, 3.63) is 46.1 Å². The van der Waals surface area contributed by atoms with Gasteiger partial charge in [0.2, 0.25) is 5.91 Å². The Bertz CT molecular complexity index is 976. The maximum Gasteiger partial charge on any atom is 0.336 e. The largest absolute Gasteiger partial charge is 0.461 e. The number of hydrogen-bond acceptors (Lipinski definition) is 6. The Morgan fingerprint density at radius 3 is 2.76 bits per heavy atom. The average Bonchev–Trinajstić information content (AvgIpc) is 3.29. The summed E-state index contributed by atoms with van der Waals surface area (Å²) in [7, 11) is 0. The number of nitriles is 1. The molecule has 1 amide bonds. The van der Waals surface area contributed by atoms with E-state index in [4.69, 9.17) is 21.6 Å². The summed E-state index contributed by atoms with van der Waals surface area (Å²) < 4.78 is 5.33. The molecule has 1 N–H and O–H groups in total. The highest BCUT2D eigenvalue weighted by atomic mass is 35.5. The summed E-state index contributed by atoms with van der Waals surface area (Å²) in [6.45, 7) is 7.32. The van der Waals surface area contributed by atoms with Crippen LogP contribution in [0.2, 0.25) is 5.02 Å². The molecule has 176 valence electrons. The van der Waals surface area contributed by atoms with Crippen molar-refractivity contribution in [2.75, 3.05) is 32.8 Å². The van der Waals surface area contributed by atoms with Gasteiger partial charge in [-0.1, -0.05) is 23.7 Å². The zero-order valence-electron chi connectivity index (χ0n) is 19.3. The molecule has 1 fully saturated rings. The number of carbonyl (C=O) groups is 2. The monoisotopic (exact) mass is 470 g/mol. The van der Waals surface area contributed by atoms with Crippen LogP contribution in [0.25, 0.3) is 0 Å². The summed E-state index contributed by atoms with van der Waals surface area (Å²) in [5.41, 5.74) is 2.24. The minimum atomic E-state index is -0.655. The number of allylic oxidation sites excluding steroid dienone is 1. The first kappa shape index (κ1) is 24.9. The van der Waals surface area contributed by atoms with E-state index < -0.39 is 17.8 Å². The number of esters is 1. The molecule has 0 saturated carbocycles. The smallest absolute Gasteiger partial charge is 0.336 e. The summed E-state index contributed by atoms with van der Waals surface area (Å²) >= 11 is 6.25. The molecule has 1 aromatic rings. The van der Waals surface area contributed by atoms with Gasteiger partial charge in [0.1, 0.15) is 6.61 Å². The molecule has 3 rings (SSSR count). The Morgan fingerprint density at radius 2 is 2.06 bits per heavy atom. The lowest BCUT2D eigenvalue weighted by molar-refractivity contribution is -0.139. The van der Waals surface area contributed by atoms with E-state index in [0.29, 0.717) is 28.5 Å². The first-order chi connectivity index (χ1) is 15.9. The lowest BCUT2D eigenvalue weighted by Gasteiger charge is -2.32. The van der Waals surface area contributed by atoms with E-state index >= 15 is 0 Å². The maximum absolute atomic E-state index is 13.4. The van der Waals surface area contributed by atoms with Gasteiger partial charge in [0, 0.05) is 28.9 Å². The number of hydrogen-bond donors (Lipinski definition) is 1. The molecule has 0 bridgehead atoms. The minimum Gasteiger partial charge on any atom is -0.461 e. The van der Waals surface area contributed by atoms with Crippen LogP contribution in [0.4, 0.5) is 0 Å². The molecule has 0 radical (unpaired) electrons. The van der Waals surface area contributed by atoms with E-state index in [1.165, 1.54) is 12.8 Å². The summed E-state index contributed by atoms with van der Waals surface area (Å²) in [4.78, 5) is 33.3. The highest BCUT2D eigenvalue weighted by molar-refractivity contribution is 6.30. The van der Waals surface area contributed by atoms with Crippen LogP contribution >= 0.6 is 11.6 Å². The van der Waals surface area contributed by atoms with Crippen molar-refractivity contribution in [3.8, 4) is 6.07 Å². The van der Waals surface area contributed by atoms with Crippen molar-refractivity contribution in [2.24, 2.45) is 10.9 Å². The summed E-state index contributed by atoms with van der Waals surface area (Å²) in [6.07, 6.45) is 3.45. The first-order valence-corrected chi connectivity index (χ1v) is 11.9. The van der Waals surface area contributed by atoms with Crippen LogP contribution < -0.4 is 5.32 Å². The van der Waals surface area contributed by atoms with Crippen molar-refractivity contribution in [3.63, 3.8) is 0 Å². The molecule has 8 heteroatoms. The standard InChI is InChI=1S/C25H31ClN4O3/c1-17-21(24(31)28-11-7-14-30-12-3-4-13-30)23(19-8-5-9-20(26)16-19)22(18(2)29-17)25(32)33-15-6-10-27/h5,8-9,16,21,23H,3-4,6-7,11-15H2,1-2H3,(H,28,31). The van der Waals surface area contributed by atoms with Gasteiger partial charge in [-0.15, -0.1) is 0 Å². The quantitative estimate of drug-likeness (QED) is 0.437. The van der Waals surface area contributed by atoms with Crippen LogP contribution in [0.5, 0.6) is 0 Å². The Morgan fingerprint density at radius 1 is 1.30 bits per heavy atom. The second-order valence-electron chi connectivity index (χ2n) is 8.50. The van der Waals surface area contributed by atoms with Gasteiger partial charge in [0.25, 0.3) is 0 Å². The number of benzene rings is 1. The van der Waals surface area contributed by atoms with Gasteiger partial charge in [-0.05, 0) is 70.4 Å². The highest BCUT2D eigenvalue weighted by Gasteiger charge is 2.41. The van der Waals surface area contributed by atoms with Crippen molar-refractivity contribution < 1.29 is 14.3 Å². The molecule has 2 atom stereocenters. The van der Waals surface area contributed by atoms with Crippen LogP contribution in [0.3, 0.4) is 0 Å². The number of nitrogens with one attached hydrogen (secondary N) is 1. The third-order valence-corrected chi connectivity index (χ3v) is 6.37. The number of ether oxygens (including phenoxy) is 1. The number of likely N-dealkylation sites (tertiary alicyclic amines) is 1. The predicted octanol–water partition coefficient (Wildman–Crippen LogP) is 3.85. The first-order valence-electron chi connectivity index (χ1n) is 11.5. The van der Waals surface area contributed by atoms with Crippen LogP contribution in [0.15, 0.2) is 40.5 Å². The molecular formula is C25H31ClN4O3. The molecule has 0 aromatic heterocycles. The summed E-state index contributed by atoms with van der Waals surface area (Å²) in [5, 5.41) is 12.3. The van der Waals surface area contributed by atoms with E-state index in [1.807, 2.05) is 19.1 Å². The Hall–Kier alpha value is -2.69. The molecule has 0 spiro atoms. The summed E-state index contributed by atoms with van der Waals surface area (Å²) in [6, 6.07) is 9.15. The SMILES string of the molecule is CC1=NC(C)=C(C(=O)OCCC#N)C(c2cccc(Cl)c2)C1C(=O)NCCCN1CCCC1. The normalized spacial score (nSPS) is 20.8. The zero-order chi connectivity index (χ0) is 23.8. The predicted molar refractivity (Wildman–Crippen MR) is 128 cm³/mol. The Labute approximate surface area is 200 Å². The van der Waals surface area contributed by atoms with Crippen LogP contribution in [0, 0.1) is 17.2 Å². The third-order valence-electron chi connectivity index (χ3n) is 6.13. The van der Waals surface area contributed by atoms with Gasteiger partial charge in [-0.25, -0.2) is 4.79 Å². The van der Waals surface area contributed by atoms with Crippen molar-refractivity contribution in [1.82, 2.24) is 10.2 Å². The van der Waals surface area contributed by atoms with Crippen LogP contribution in [0.1, 0.15) is 51.0 Å². The number of aliphatic imine (C=N–C) groups is 1. The van der Waals surface area contributed by atoms with Gasteiger partial charge in [0.15, 0.2) is 0 Å². The Balaban J connectivity index is 1.82. The molecule has 1 aromatic carbocycles. The van der Waals surface area contributed by atoms with E-state index in [2.05, 4.69) is 15.2 Å². The van der Waals surface area contributed by atoms with Gasteiger partial charge in [-0.2, -0.15) is 5.26 Å². The molecule has 2 unspecified atom stereocenters. The second-order valence-corrected chi connectivity index (χ2v) is 8.94. The second kappa shape index (κ2) is 12.0. The van der Waals surface area contributed by atoms with E-state index in [1.54, 1.807) is 25.1 Å². The van der Waals surface area contributed by atoms with Gasteiger partial charge >= 0.3 is 5.97 Å². The Kier molecular flexibility index (Phi) is 9.04. The zero-order valence-corrected chi connectivity index (χ0v) is 20.0. The van der Waals surface area contributed by atoms with Crippen molar-refractivity contribution >= 4 is 29.2 Å². The number of halogens is 1. The van der Waals surface area contributed by atoms with E-state index in [9.17, 15) is 9.59 Å². The fourth-order valence-electron chi connectivity index (χ4n) is 4.60. The molecule has 2 heterocycles. The fourth-order valence-corrected chi connectivity index (χ4v) is 4.80. The average molecular weight is 471 g/mol. The van der Waals surface area contributed by atoms with E-state index in [-0.39, 0.29) is 18.9 Å². The number of carbonyl (C=O) groups excluding carboxylic acids is 2. The van der Waals surface area contributed by atoms with Crippen LogP contribution in [-0.4, -0.2) is 55.3 Å².